The molecule has 1 N–H and O–H groups in total. The van der Waals surface area contributed by atoms with Crippen LogP contribution in [-0.2, 0) is 9.53 Å². The summed E-state index contributed by atoms with van der Waals surface area (Å²) in [7, 11) is 3.56. The molecule has 0 amide bonds. The normalized spacial score (nSPS) is 21.2. The van der Waals surface area contributed by atoms with Crippen molar-refractivity contribution in [3.63, 3.8) is 0 Å². The second-order valence-electron chi connectivity index (χ2n) is 8.11. The lowest BCUT2D eigenvalue weighted by Gasteiger charge is -2.32. The molecule has 0 radical (unpaired) electrons. The van der Waals surface area contributed by atoms with Gasteiger partial charge in [-0.2, -0.15) is 9.97 Å². The summed E-state index contributed by atoms with van der Waals surface area (Å²) < 4.78 is 4.88. The highest BCUT2D eigenvalue weighted by atomic mass is 16.5. The van der Waals surface area contributed by atoms with Crippen molar-refractivity contribution in [2.24, 2.45) is 5.92 Å². The summed E-state index contributed by atoms with van der Waals surface area (Å²) in [4.78, 5) is 34.6. The Kier molecular flexibility index (Phi) is 5.11. The maximum atomic E-state index is 11.8. The molecule has 2 atom stereocenters. The minimum absolute atomic E-state index is 0.0465. The predicted octanol–water partition coefficient (Wildman–Crippen LogP) is 2.19. The van der Waals surface area contributed by atoms with Gasteiger partial charge < -0.3 is 19.9 Å². The van der Waals surface area contributed by atoms with Crippen LogP contribution in [0.1, 0.15) is 17.9 Å². The SMILES string of the molecule is COC(=O)C1CC1c1cccc(Nc2nc(N3CCN(C)CC3)nc3nccnc23)c1. The van der Waals surface area contributed by atoms with Crippen LogP contribution in [0.15, 0.2) is 36.7 Å². The van der Waals surface area contributed by atoms with Gasteiger partial charge in [-0.25, -0.2) is 9.97 Å². The van der Waals surface area contributed by atoms with E-state index in [1.807, 2.05) is 18.2 Å². The molecule has 0 spiro atoms. The summed E-state index contributed by atoms with van der Waals surface area (Å²) in [5.41, 5.74) is 3.20. The predicted molar refractivity (Wildman–Crippen MR) is 117 cm³/mol. The van der Waals surface area contributed by atoms with Crippen LogP contribution >= 0.6 is 0 Å². The standard InChI is InChI=1S/C22H25N7O2/c1-28-8-10-29(11-9-28)22-26-19-18(23-6-7-24-19)20(27-22)25-15-5-3-4-14(12-15)16-13-17(16)21(30)31-2/h3-7,12,16-17H,8-11,13H2,1-2H3,(H,24,25,26,27). The van der Waals surface area contributed by atoms with E-state index in [4.69, 9.17) is 9.72 Å². The Balaban J connectivity index is 1.44. The second kappa shape index (κ2) is 8.07. The molecule has 1 aliphatic heterocycles. The first kappa shape index (κ1) is 19.6. The number of esters is 1. The van der Waals surface area contributed by atoms with E-state index in [1.54, 1.807) is 12.4 Å². The first-order valence-corrected chi connectivity index (χ1v) is 10.5. The molecule has 160 valence electrons. The third kappa shape index (κ3) is 4.00. The molecule has 9 heteroatoms. The van der Waals surface area contributed by atoms with Crippen molar-refractivity contribution in [3.05, 3.63) is 42.2 Å². The zero-order valence-corrected chi connectivity index (χ0v) is 17.7. The Hall–Kier alpha value is -3.33. The van der Waals surface area contributed by atoms with Crippen LogP contribution in [0.3, 0.4) is 0 Å². The Labute approximate surface area is 180 Å². The number of likely N-dealkylation sites (N-methyl/N-ethyl adjacent to an activating group) is 1. The third-order valence-corrected chi connectivity index (χ3v) is 5.98. The molecule has 1 aliphatic carbocycles. The van der Waals surface area contributed by atoms with E-state index in [1.165, 1.54) is 7.11 Å². The number of fused-ring (bicyclic) bond motifs is 1. The lowest BCUT2D eigenvalue weighted by molar-refractivity contribution is -0.142. The van der Waals surface area contributed by atoms with Crippen molar-refractivity contribution in [1.82, 2.24) is 24.8 Å². The van der Waals surface area contributed by atoms with Gasteiger partial charge in [0, 0.05) is 44.3 Å². The molecule has 1 aromatic carbocycles. The van der Waals surface area contributed by atoms with Gasteiger partial charge in [0.05, 0.1) is 13.0 Å². The smallest absolute Gasteiger partial charge is 0.309 e. The summed E-state index contributed by atoms with van der Waals surface area (Å²) in [5, 5.41) is 3.41. The summed E-state index contributed by atoms with van der Waals surface area (Å²) in [6, 6.07) is 8.08. The number of anilines is 3. The molecule has 2 aliphatic rings. The van der Waals surface area contributed by atoms with Gasteiger partial charge in [0.1, 0.15) is 0 Å². The van der Waals surface area contributed by atoms with Crippen molar-refractivity contribution in [2.75, 3.05) is 50.6 Å². The number of benzene rings is 1. The number of carbonyl (C=O) groups excluding carboxylic acids is 1. The molecule has 1 saturated heterocycles. The lowest BCUT2D eigenvalue weighted by Crippen LogP contribution is -2.45. The number of methoxy groups -OCH3 is 1. The zero-order chi connectivity index (χ0) is 21.4. The lowest BCUT2D eigenvalue weighted by atomic mass is 10.1. The maximum Gasteiger partial charge on any atom is 0.309 e. The van der Waals surface area contributed by atoms with Gasteiger partial charge in [-0.3, -0.25) is 4.79 Å². The quantitative estimate of drug-likeness (QED) is 0.624. The van der Waals surface area contributed by atoms with E-state index in [9.17, 15) is 4.79 Å². The fourth-order valence-corrected chi connectivity index (χ4v) is 4.05. The molecule has 3 heterocycles. The highest BCUT2D eigenvalue weighted by molar-refractivity contribution is 5.86. The summed E-state index contributed by atoms with van der Waals surface area (Å²) in [6.07, 6.45) is 4.12. The molecule has 2 aromatic heterocycles. The number of piperazine rings is 1. The van der Waals surface area contributed by atoms with Crippen LogP contribution in [0.2, 0.25) is 0 Å². The van der Waals surface area contributed by atoms with E-state index in [-0.39, 0.29) is 17.8 Å². The van der Waals surface area contributed by atoms with E-state index in [2.05, 4.69) is 43.2 Å². The number of carbonyl (C=O) groups is 1. The minimum atomic E-state index is -0.141. The van der Waals surface area contributed by atoms with Crippen LogP contribution < -0.4 is 10.2 Å². The average Bonchev–Trinajstić information content (AvgIpc) is 3.60. The molecule has 9 nitrogen and oxygen atoms in total. The van der Waals surface area contributed by atoms with Crippen LogP contribution in [0.25, 0.3) is 11.2 Å². The van der Waals surface area contributed by atoms with Crippen molar-refractivity contribution in [3.8, 4) is 0 Å². The highest BCUT2D eigenvalue weighted by Gasteiger charge is 2.44. The molecule has 31 heavy (non-hydrogen) atoms. The monoisotopic (exact) mass is 419 g/mol. The Morgan fingerprint density at radius 3 is 2.74 bits per heavy atom. The summed E-state index contributed by atoms with van der Waals surface area (Å²) in [5.74, 6) is 1.31. The number of ether oxygens (including phenoxy) is 1. The average molecular weight is 419 g/mol. The summed E-state index contributed by atoms with van der Waals surface area (Å²) >= 11 is 0. The highest BCUT2D eigenvalue weighted by Crippen LogP contribution is 2.48. The molecular weight excluding hydrogens is 394 g/mol. The summed E-state index contributed by atoms with van der Waals surface area (Å²) in [6.45, 7) is 3.67. The minimum Gasteiger partial charge on any atom is -0.469 e. The van der Waals surface area contributed by atoms with Crippen LogP contribution in [0.5, 0.6) is 0 Å². The first-order valence-electron chi connectivity index (χ1n) is 10.5. The third-order valence-electron chi connectivity index (χ3n) is 5.98. The van der Waals surface area contributed by atoms with Crippen molar-refractivity contribution < 1.29 is 9.53 Å². The van der Waals surface area contributed by atoms with Gasteiger partial charge in [-0.1, -0.05) is 12.1 Å². The molecule has 3 aromatic rings. The van der Waals surface area contributed by atoms with Crippen molar-refractivity contribution in [2.45, 2.75) is 12.3 Å². The zero-order valence-electron chi connectivity index (χ0n) is 17.7. The van der Waals surface area contributed by atoms with Gasteiger partial charge in [-0.15, -0.1) is 0 Å². The molecule has 5 rings (SSSR count). The molecule has 2 unspecified atom stereocenters. The van der Waals surface area contributed by atoms with Gasteiger partial charge in [0.2, 0.25) is 5.95 Å². The number of rotatable bonds is 5. The van der Waals surface area contributed by atoms with Crippen molar-refractivity contribution >= 4 is 34.6 Å². The van der Waals surface area contributed by atoms with E-state index in [0.717, 1.165) is 43.9 Å². The molecule has 0 bridgehead atoms. The van der Waals surface area contributed by atoms with Gasteiger partial charge in [0.15, 0.2) is 17.0 Å². The number of aromatic nitrogens is 4. The Bertz CT molecular complexity index is 1110. The first-order chi connectivity index (χ1) is 15.1. The molecule has 1 saturated carbocycles. The fourth-order valence-electron chi connectivity index (χ4n) is 4.05. The fraction of sp³-hybridized carbons (Fsp3) is 0.409. The Morgan fingerprint density at radius 2 is 1.94 bits per heavy atom. The van der Waals surface area contributed by atoms with Gasteiger partial charge in [0.25, 0.3) is 0 Å². The topological polar surface area (TPSA) is 96.4 Å². The largest absolute Gasteiger partial charge is 0.469 e. The van der Waals surface area contributed by atoms with E-state index in [0.29, 0.717) is 22.9 Å². The van der Waals surface area contributed by atoms with E-state index >= 15 is 0 Å². The number of hydrogen-bond acceptors (Lipinski definition) is 9. The number of hydrogen-bond donors (Lipinski definition) is 1. The number of nitrogens with one attached hydrogen (secondary N) is 1. The van der Waals surface area contributed by atoms with E-state index < -0.39 is 0 Å². The van der Waals surface area contributed by atoms with Crippen LogP contribution in [0.4, 0.5) is 17.5 Å². The van der Waals surface area contributed by atoms with Gasteiger partial charge in [-0.05, 0) is 37.1 Å². The molecule has 2 fully saturated rings. The number of nitrogens with zero attached hydrogens (tertiary/aromatic N) is 6. The van der Waals surface area contributed by atoms with Crippen LogP contribution in [-0.4, -0.2) is 71.1 Å². The van der Waals surface area contributed by atoms with Crippen molar-refractivity contribution in [1.29, 1.82) is 0 Å². The Morgan fingerprint density at radius 1 is 1.13 bits per heavy atom. The second-order valence-corrected chi connectivity index (χ2v) is 8.11. The van der Waals surface area contributed by atoms with Crippen LogP contribution in [0, 0.1) is 5.92 Å². The molecular formula is C22H25N7O2. The van der Waals surface area contributed by atoms with Gasteiger partial charge >= 0.3 is 5.97 Å². The maximum absolute atomic E-state index is 11.8.